The van der Waals surface area contributed by atoms with E-state index in [-0.39, 0.29) is 5.91 Å². The number of thiazole rings is 1. The summed E-state index contributed by atoms with van der Waals surface area (Å²) in [4.78, 5) is 20.6. The number of para-hydroxylation sites is 1. The monoisotopic (exact) mass is 397 g/mol. The highest BCUT2D eigenvalue weighted by Gasteiger charge is 2.24. The number of nitrogens with one attached hydrogen (secondary N) is 1. The molecule has 1 amide bonds. The second-order valence-corrected chi connectivity index (χ2v) is 8.79. The maximum atomic E-state index is 12.4. The average molecular weight is 398 g/mol. The van der Waals surface area contributed by atoms with Gasteiger partial charge in [0.1, 0.15) is 0 Å². The van der Waals surface area contributed by atoms with Gasteiger partial charge in [-0.1, -0.05) is 18.2 Å². The van der Waals surface area contributed by atoms with Crippen LogP contribution in [0.4, 0.5) is 5.69 Å². The standard InChI is InChI=1S/C21H23N3OS2/c1-26-17-6-4-5-16(13-17)22-20(25)14-24-11-9-15(10-12-24)21-23-18-7-2-3-8-19(18)27-21/h2-8,13,15H,9-12,14H2,1H3,(H,22,25). The largest absolute Gasteiger partial charge is 0.325 e. The number of fused-ring (bicyclic) bond motifs is 1. The van der Waals surface area contributed by atoms with Crippen molar-refractivity contribution in [3.8, 4) is 0 Å². The molecule has 0 saturated carbocycles. The van der Waals surface area contributed by atoms with E-state index in [1.54, 1.807) is 11.8 Å². The van der Waals surface area contributed by atoms with Crippen LogP contribution in [0.2, 0.25) is 0 Å². The van der Waals surface area contributed by atoms with E-state index in [1.165, 1.54) is 9.71 Å². The van der Waals surface area contributed by atoms with Gasteiger partial charge in [0.05, 0.1) is 21.8 Å². The summed E-state index contributed by atoms with van der Waals surface area (Å²) in [5.74, 6) is 0.576. The highest BCUT2D eigenvalue weighted by atomic mass is 32.2. The third-order valence-electron chi connectivity index (χ3n) is 4.97. The van der Waals surface area contributed by atoms with Gasteiger partial charge in [-0.2, -0.15) is 0 Å². The van der Waals surface area contributed by atoms with Crippen molar-refractivity contribution in [2.24, 2.45) is 0 Å². The number of nitrogens with zero attached hydrogens (tertiary/aromatic N) is 2. The summed E-state index contributed by atoms with van der Waals surface area (Å²) in [6.45, 7) is 2.34. The van der Waals surface area contributed by atoms with Crippen molar-refractivity contribution in [3.05, 3.63) is 53.5 Å². The molecule has 1 N–H and O–H groups in total. The summed E-state index contributed by atoms with van der Waals surface area (Å²) in [7, 11) is 0. The van der Waals surface area contributed by atoms with Crippen LogP contribution in [0.5, 0.6) is 0 Å². The molecule has 1 aliphatic rings. The Morgan fingerprint density at radius 1 is 1.22 bits per heavy atom. The zero-order valence-electron chi connectivity index (χ0n) is 15.4. The van der Waals surface area contributed by atoms with Gasteiger partial charge >= 0.3 is 0 Å². The minimum Gasteiger partial charge on any atom is -0.325 e. The van der Waals surface area contributed by atoms with Gasteiger partial charge in [-0.25, -0.2) is 4.98 Å². The van der Waals surface area contributed by atoms with E-state index in [0.29, 0.717) is 12.5 Å². The van der Waals surface area contributed by atoms with Crippen LogP contribution >= 0.6 is 23.1 Å². The lowest BCUT2D eigenvalue weighted by atomic mass is 9.97. The van der Waals surface area contributed by atoms with Crippen LogP contribution in [-0.2, 0) is 4.79 Å². The number of rotatable bonds is 5. The van der Waals surface area contributed by atoms with Crippen molar-refractivity contribution in [1.29, 1.82) is 0 Å². The highest BCUT2D eigenvalue weighted by molar-refractivity contribution is 7.98. The molecule has 3 aromatic rings. The molecule has 0 bridgehead atoms. The Hall–Kier alpha value is -1.89. The van der Waals surface area contributed by atoms with Gasteiger partial charge in [0.15, 0.2) is 0 Å². The van der Waals surface area contributed by atoms with Crippen LogP contribution in [0.15, 0.2) is 53.4 Å². The van der Waals surface area contributed by atoms with Gasteiger partial charge in [-0.15, -0.1) is 23.1 Å². The Kier molecular flexibility index (Phi) is 5.76. The SMILES string of the molecule is CSc1cccc(NC(=O)CN2CCC(c3nc4ccccc4s3)CC2)c1. The Labute approximate surface area is 168 Å². The molecule has 4 nitrogen and oxygen atoms in total. The van der Waals surface area contributed by atoms with E-state index < -0.39 is 0 Å². The number of aromatic nitrogens is 1. The van der Waals surface area contributed by atoms with Crippen LogP contribution in [0, 0.1) is 0 Å². The quantitative estimate of drug-likeness (QED) is 0.626. The molecule has 0 atom stereocenters. The summed E-state index contributed by atoms with van der Waals surface area (Å²) in [6.07, 6.45) is 4.17. The third-order valence-corrected chi connectivity index (χ3v) is 6.89. The van der Waals surface area contributed by atoms with Crippen LogP contribution < -0.4 is 5.32 Å². The number of hydrogen-bond donors (Lipinski definition) is 1. The number of amides is 1. The zero-order valence-corrected chi connectivity index (χ0v) is 17.0. The lowest BCUT2D eigenvalue weighted by Crippen LogP contribution is -2.38. The fourth-order valence-corrected chi connectivity index (χ4v) is 5.10. The van der Waals surface area contributed by atoms with Gasteiger partial charge in [0, 0.05) is 16.5 Å². The number of hydrogen-bond acceptors (Lipinski definition) is 5. The highest BCUT2D eigenvalue weighted by Crippen LogP contribution is 2.33. The molecule has 6 heteroatoms. The van der Waals surface area contributed by atoms with E-state index in [0.717, 1.165) is 42.0 Å². The van der Waals surface area contributed by atoms with E-state index in [4.69, 9.17) is 4.98 Å². The van der Waals surface area contributed by atoms with Gasteiger partial charge in [-0.3, -0.25) is 9.69 Å². The first-order valence-electron chi connectivity index (χ1n) is 9.23. The topological polar surface area (TPSA) is 45.2 Å². The second kappa shape index (κ2) is 8.42. The van der Waals surface area contributed by atoms with E-state index >= 15 is 0 Å². The van der Waals surface area contributed by atoms with Gasteiger partial charge in [0.2, 0.25) is 5.91 Å². The van der Waals surface area contributed by atoms with Crippen molar-refractivity contribution >= 4 is 44.9 Å². The van der Waals surface area contributed by atoms with Crippen molar-refractivity contribution in [2.45, 2.75) is 23.7 Å². The first-order chi connectivity index (χ1) is 13.2. The summed E-state index contributed by atoms with van der Waals surface area (Å²) in [5, 5.41) is 4.26. The molecular formula is C21H23N3OS2. The Balaban J connectivity index is 1.30. The minimum atomic E-state index is 0.0618. The fraction of sp³-hybridized carbons (Fsp3) is 0.333. The molecule has 1 fully saturated rings. The predicted octanol–water partition coefficient (Wildman–Crippen LogP) is 4.84. The average Bonchev–Trinajstić information content (AvgIpc) is 3.13. The number of carbonyl (C=O) groups is 1. The molecule has 0 radical (unpaired) electrons. The molecule has 2 aromatic carbocycles. The fourth-order valence-electron chi connectivity index (χ4n) is 3.51. The molecule has 1 aromatic heterocycles. The van der Waals surface area contributed by atoms with Crippen molar-refractivity contribution in [2.75, 3.05) is 31.2 Å². The van der Waals surface area contributed by atoms with Crippen LogP contribution in [-0.4, -0.2) is 41.7 Å². The molecular weight excluding hydrogens is 374 g/mol. The number of likely N-dealkylation sites (tertiary alicyclic amines) is 1. The number of benzene rings is 2. The normalized spacial score (nSPS) is 15.9. The van der Waals surface area contributed by atoms with Crippen LogP contribution in [0.1, 0.15) is 23.8 Å². The molecule has 27 heavy (non-hydrogen) atoms. The number of thioether (sulfide) groups is 1. The van der Waals surface area contributed by atoms with Gasteiger partial charge in [-0.05, 0) is 62.5 Å². The molecule has 2 heterocycles. The van der Waals surface area contributed by atoms with Crippen molar-refractivity contribution < 1.29 is 4.79 Å². The number of carbonyl (C=O) groups excluding carboxylic acids is 1. The first kappa shape index (κ1) is 18.5. The maximum Gasteiger partial charge on any atom is 0.238 e. The summed E-state index contributed by atoms with van der Waals surface area (Å²) in [5.41, 5.74) is 1.97. The van der Waals surface area contributed by atoms with E-state index in [2.05, 4.69) is 28.4 Å². The summed E-state index contributed by atoms with van der Waals surface area (Å²) >= 11 is 3.49. The Bertz CT molecular complexity index is 899. The zero-order chi connectivity index (χ0) is 18.6. The smallest absolute Gasteiger partial charge is 0.238 e. The van der Waals surface area contributed by atoms with Crippen molar-refractivity contribution in [1.82, 2.24) is 9.88 Å². The van der Waals surface area contributed by atoms with Gasteiger partial charge in [0.25, 0.3) is 0 Å². The number of piperidine rings is 1. The van der Waals surface area contributed by atoms with E-state index in [1.807, 2.05) is 47.9 Å². The van der Waals surface area contributed by atoms with E-state index in [9.17, 15) is 4.79 Å². The van der Waals surface area contributed by atoms with Crippen molar-refractivity contribution in [3.63, 3.8) is 0 Å². The molecule has 4 rings (SSSR count). The Morgan fingerprint density at radius 2 is 2.04 bits per heavy atom. The van der Waals surface area contributed by atoms with Crippen LogP contribution in [0.25, 0.3) is 10.2 Å². The molecule has 1 aliphatic heterocycles. The third kappa shape index (κ3) is 4.51. The lowest BCUT2D eigenvalue weighted by Gasteiger charge is -2.30. The molecule has 0 unspecified atom stereocenters. The Morgan fingerprint density at radius 3 is 2.81 bits per heavy atom. The van der Waals surface area contributed by atoms with Crippen LogP contribution in [0.3, 0.4) is 0 Å². The first-order valence-corrected chi connectivity index (χ1v) is 11.3. The maximum absolute atomic E-state index is 12.4. The lowest BCUT2D eigenvalue weighted by molar-refractivity contribution is -0.117. The predicted molar refractivity (Wildman–Crippen MR) is 115 cm³/mol. The molecule has 0 aliphatic carbocycles. The molecule has 1 saturated heterocycles. The second-order valence-electron chi connectivity index (χ2n) is 6.85. The summed E-state index contributed by atoms with van der Waals surface area (Å²) < 4.78 is 1.27. The number of anilines is 1. The molecule has 0 spiro atoms. The molecule has 140 valence electrons. The van der Waals surface area contributed by atoms with Gasteiger partial charge < -0.3 is 5.32 Å². The summed E-state index contributed by atoms with van der Waals surface area (Å²) in [6, 6.07) is 16.3. The minimum absolute atomic E-state index is 0.0618.